The van der Waals surface area contributed by atoms with Crippen LogP contribution in [-0.2, 0) is 11.2 Å². The van der Waals surface area contributed by atoms with Crippen LogP contribution in [-0.4, -0.2) is 13.0 Å². The molecule has 0 aromatic heterocycles. The van der Waals surface area contributed by atoms with E-state index in [2.05, 4.69) is 21.2 Å². The van der Waals surface area contributed by atoms with Crippen LogP contribution in [0.1, 0.15) is 5.56 Å². The monoisotopic (exact) mass is 353 g/mol. The molecule has 5 heteroatoms. The third kappa shape index (κ3) is 3.99. The summed E-state index contributed by atoms with van der Waals surface area (Å²) in [5.41, 5.74) is 1.60. The van der Waals surface area contributed by atoms with Crippen molar-refractivity contribution in [3.63, 3.8) is 0 Å². The summed E-state index contributed by atoms with van der Waals surface area (Å²) in [6, 6.07) is 12.8. The maximum absolute atomic E-state index is 11.9. The summed E-state index contributed by atoms with van der Waals surface area (Å²) in [5.74, 6) is 0.492. The lowest BCUT2D eigenvalue weighted by molar-refractivity contribution is -0.115. The van der Waals surface area contributed by atoms with Crippen LogP contribution >= 0.6 is 27.5 Å². The van der Waals surface area contributed by atoms with Gasteiger partial charge in [-0.05, 0) is 35.9 Å². The lowest BCUT2D eigenvalue weighted by Gasteiger charge is -2.08. The number of nitrogens with one attached hydrogen (secondary N) is 1. The van der Waals surface area contributed by atoms with Crippen molar-refractivity contribution in [3.05, 3.63) is 57.5 Å². The molecule has 2 rings (SSSR count). The molecular weight excluding hydrogens is 342 g/mol. The molecule has 1 N–H and O–H groups in total. The molecule has 20 heavy (non-hydrogen) atoms. The molecule has 0 saturated carbocycles. The smallest absolute Gasteiger partial charge is 0.228 e. The maximum Gasteiger partial charge on any atom is 0.228 e. The molecule has 0 spiro atoms. The molecule has 0 fully saturated rings. The predicted molar refractivity (Wildman–Crippen MR) is 84.5 cm³/mol. The molecule has 0 radical (unpaired) electrons. The molecule has 0 heterocycles. The number of ether oxygens (including phenoxy) is 1. The Labute approximate surface area is 131 Å². The van der Waals surface area contributed by atoms with Gasteiger partial charge >= 0.3 is 0 Å². The van der Waals surface area contributed by atoms with Crippen LogP contribution in [0, 0.1) is 0 Å². The zero-order chi connectivity index (χ0) is 14.5. The first-order valence-corrected chi connectivity index (χ1v) is 7.13. The highest BCUT2D eigenvalue weighted by atomic mass is 79.9. The van der Waals surface area contributed by atoms with Gasteiger partial charge in [0.2, 0.25) is 5.91 Å². The van der Waals surface area contributed by atoms with Crippen LogP contribution in [0.25, 0.3) is 0 Å². The molecular formula is C15H13BrClNO2. The number of hydrogen-bond donors (Lipinski definition) is 1. The first kappa shape index (κ1) is 14.9. The molecule has 2 aromatic rings. The quantitative estimate of drug-likeness (QED) is 0.889. The summed E-state index contributed by atoms with van der Waals surface area (Å²) in [7, 11) is 1.55. The van der Waals surface area contributed by atoms with Crippen LogP contribution in [0.3, 0.4) is 0 Å². The Kier molecular flexibility index (Phi) is 5.04. The van der Waals surface area contributed by atoms with Gasteiger partial charge in [0.1, 0.15) is 5.75 Å². The minimum atomic E-state index is -0.0893. The van der Waals surface area contributed by atoms with Crippen LogP contribution in [0.4, 0.5) is 5.69 Å². The summed E-state index contributed by atoms with van der Waals surface area (Å²) in [6.45, 7) is 0. The van der Waals surface area contributed by atoms with Crippen LogP contribution in [0.15, 0.2) is 46.9 Å². The molecule has 0 saturated heterocycles. The average Bonchev–Trinajstić information content (AvgIpc) is 2.41. The Morgan fingerprint density at radius 3 is 2.55 bits per heavy atom. The van der Waals surface area contributed by atoms with Crippen molar-refractivity contribution < 1.29 is 9.53 Å². The number of benzene rings is 2. The predicted octanol–water partition coefficient (Wildman–Crippen LogP) is 4.29. The standard InChI is InChI=1S/C15H13BrClNO2/c1-20-14-7-6-12(9-13(14)17)18-15(19)8-10-2-4-11(16)5-3-10/h2-7,9H,8H2,1H3,(H,18,19). The topological polar surface area (TPSA) is 38.3 Å². The highest BCUT2D eigenvalue weighted by Gasteiger charge is 2.06. The molecule has 0 aliphatic heterocycles. The van der Waals surface area contributed by atoms with E-state index in [4.69, 9.17) is 16.3 Å². The van der Waals surface area contributed by atoms with Crippen molar-refractivity contribution in [1.82, 2.24) is 0 Å². The van der Waals surface area contributed by atoms with Crippen molar-refractivity contribution in [2.45, 2.75) is 6.42 Å². The summed E-state index contributed by atoms with van der Waals surface area (Å²) in [6.07, 6.45) is 0.316. The van der Waals surface area contributed by atoms with Gasteiger partial charge in [0.15, 0.2) is 0 Å². The minimum absolute atomic E-state index is 0.0893. The van der Waals surface area contributed by atoms with Crippen molar-refractivity contribution in [1.29, 1.82) is 0 Å². The van der Waals surface area contributed by atoms with E-state index < -0.39 is 0 Å². The minimum Gasteiger partial charge on any atom is -0.495 e. The van der Waals surface area contributed by atoms with E-state index in [1.54, 1.807) is 25.3 Å². The molecule has 2 aromatic carbocycles. The molecule has 0 aliphatic rings. The second-order valence-electron chi connectivity index (χ2n) is 4.20. The highest BCUT2D eigenvalue weighted by Crippen LogP contribution is 2.27. The zero-order valence-corrected chi connectivity index (χ0v) is 13.2. The van der Waals surface area contributed by atoms with Gasteiger partial charge in [0.25, 0.3) is 0 Å². The lowest BCUT2D eigenvalue weighted by atomic mass is 10.1. The van der Waals surface area contributed by atoms with Crippen molar-refractivity contribution in [2.24, 2.45) is 0 Å². The zero-order valence-electron chi connectivity index (χ0n) is 10.8. The first-order chi connectivity index (χ1) is 9.58. The number of amides is 1. The molecule has 0 bridgehead atoms. The van der Waals surface area contributed by atoms with Gasteiger partial charge in [-0.25, -0.2) is 0 Å². The van der Waals surface area contributed by atoms with E-state index in [0.29, 0.717) is 22.9 Å². The second-order valence-corrected chi connectivity index (χ2v) is 5.52. The molecule has 1 amide bonds. The lowest BCUT2D eigenvalue weighted by Crippen LogP contribution is -2.14. The Hall–Kier alpha value is -1.52. The van der Waals surface area contributed by atoms with Crippen LogP contribution in [0.2, 0.25) is 5.02 Å². The third-order valence-corrected chi connectivity index (χ3v) is 3.54. The molecule has 3 nitrogen and oxygen atoms in total. The Balaban J connectivity index is 2.01. The summed E-state index contributed by atoms with van der Waals surface area (Å²) in [4.78, 5) is 11.9. The number of carbonyl (C=O) groups is 1. The summed E-state index contributed by atoms with van der Waals surface area (Å²) >= 11 is 9.37. The van der Waals surface area contributed by atoms with Gasteiger partial charge < -0.3 is 10.1 Å². The summed E-state index contributed by atoms with van der Waals surface area (Å²) in [5, 5.41) is 3.27. The SMILES string of the molecule is COc1ccc(NC(=O)Cc2ccc(Br)cc2)cc1Cl. The summed E-state index contributed by atoms with van der Waals surface area (Å²) < 4.78 is 6.05. The van der Waals surface area contributed by atoms with Gasteiger partial charge in [-0.1, -0.05) is 39.7 Å². The van der Waals surface area contributed by atoms with E-state index >= 15 is 0 Å². The largest absolute Gasteiger partial charge is 0.495 e. The molecule has 0 atom stereocenters. The number of carbonyl (C=O) groups excluding carboxylic acids is 1. The van der Waals surface area contributed by atoms with E-state index in [1.807, 2.05) is 24.3 Å². The van der Waals surface area contributed by atoms with Gasteiger partial charge in [-0.3, -0.25) is 4.79 Å². The van der Waals surface area contributed by atoms with Gasteiger partial charge in [0, 0.05) is 10.2 Å². The third-order valence-electron chi connectivity index (χ3n) is 2.71. The molecule has 104 valence electrons. The fourth-order valence-corrected chi connectivity index (χ4v) is 2.26. The Morgan fingerprint density at radius 1 is 1.25 bits per heavy atom. The van der Waals surface area contributed by atoms with Crippen LogP contribution < -0.4 is 10.1 Å². The van der Waals surface area contributed by atoms with Crippen molar-refractivity contribution in [3.8, 4) is 5.75 Å². The number of methoxy groups -OCH3 is 1. The molecule has 0 unspecified atom stereocenters. The maximum atomic E-state index is 11.9. The number of anilines is 1. The fraction of sp³-hybridized carbons (Fsp3) is 0.133. The highest BCUT2D eigenvalue weighted by molar-refractivity contribution is 9.10. The van der Waals surface area contributed by atoms with E-state index in [9.17, 15) is 4.79 Å². The number of rotatable bonds is 4. The van der Waals surface area contributed by atoms with Gasteiger partial charge in [0.05, 0.1) is 18.6 Å². The Morgan fingerprint density at radius 2 is 1.95 bits per heavy atom. The van der Waals surface area contributed by atoms with Gasteiger partial charge in [-0.2, -0.15) is 0 Å². The number of halogens is 2. The second kappa shape index (κ2) is 6.77. The van der Waals surface area contributed by atoms with E-state index in [-0.39, 0.29) is 5.91 Å². The molecule has 0 aliphatic carbocycles. The van der Waals surface area contributed by atoms with E-state index in [0.717, 1.165) is 10.0 Å². The van der Waals surface area contributed by atoms with Gasteiger partial charge in [-0.15, -0.1) is 0 Å². The Bertz CT molecular complexity index is 614. The average molecular weight is 355 g/mol. The van der Waals surface area contributed by atoms with Crippen molar-refractivity contribution >= 4 is 39.1 Å². The number of hydrogen-bond acceptors (Lipinski definition) is 2. The normalized spacial score (nSPS) is 10.2. The first-order valence-electron chi connectivity index (χ1n) is 5.96. The van der Waals surface area contributed by atoms with E-state index in [1.165, 1.54) is 0 Å². The van der Waals surface area contributed by atoms with Crippen LogP contribution in [0.5, 0.6) is 5.75 Å². The fourth-order valence-electron chi connectivity index (χ4n) is 1.74. The van der Waals surface area contributed by atoms with Crippen molar-refractivity contribution in [2.75, 3.05) is 12.4 Å².